The van der Waals surface area contributed by atoms with E-state index in [2.05, 4.69) is 0 Å². The van der Waals surface area contributed by atoms with Crippen molar-refractivity contribution in [3.05, 3.63) is 80.8 Å². The number of carbonyl (C=O) groups excluding carboxylic acids is 1. The number of phenols is 1. The fraction of sp³-hybridized carbons (Fsp3) is 0.174. The topological polar surface area (TPSA) is 49.8 Å². The molecule has 7 heteroatoms. The molecule has 0 aliphatic heterocycles. The lowest BCUT2D eigenvalue weighted by Gasteiger charge is -2.14. The molecule has 0 radical (unpaired) electrons. The Morgan fingerprint density at radius 2 is 1.70 bits per heavy atom. The van der Waals surface area contributed by atoms with Crippen LogP contribution in [0.25, 0.3) is 11.1 Å². The lowest BCUT2D eigenvalue weighted by atomic mass is 9.98. The van der Waals surface area contributed by atoms with Crippen LogP contribution in [0.3, 0.4) is 0 Å². The quantitative estimate of drug-likeness (QED) is 0.481. The van der Waals surface area contributed by atoms with Gasteiger partial charge in [0.1, 0.15) is 11.5 Å². The third-order valence-corrected chi connectivity index (χ3v) is 5.46. The van der Waals surface area contributed by atoms with Crippen molar-refractivity contribution in [1.29, 1.82) is 0 Å². The molecule has 1 amide bonds. The zero-order valence-corrected chi connectivity index (χ0v) is 18.7. The second-order valence-corrected chi connectivity index (χ2v) is 8.23. The minimum atomic E-state index is -0.163. The third kappa shape index (κ3) is 5.39. The molecule has 0 saturated heterocycles. The van der Waals surface area contributed by atoms with Crippen molar-refractivity contribution in [2.24, 2.45) is 0 Å². The molecular formula is C23H20Cl3NO3. The van der Waals surface area contributed by atoms with E-state index in [1.54, 1.807) is 44.4 Å². The monoisotopic (exact) mass is 463 g/mol. The molecule has 0 spiro atoms. The highest BCUT2D eigenvalue weighted by atomic mass is 35.5. The SMILES string of the molecule is CN(C)C(=O)COc1cc(Cl)c(Cc2ccc(O)c(-c3cccc(Cl)c3)c2)c(Cl)c1. The number of amides is 1. The minimum absolute atomic E-state index is 0.0973. The molecule has 0 aromatic heterocycles. The van der Waals surface area contributed by atoms with Crippen molar-refractivity contribution in [3.63, 3.8) is 0 Å². The first-order valence-corrected chi connectivity index (χ1v) is 10.3. The Morgan fingerprint density at radius 1 is 1.00 bits per heavy atom. The Labute approximate surface area is 190 Å². The fourth-order valence-corrected chi connectivity index (χ4v) is 3.68. The number of halogens is 3. The number of aromatic hydroxyl groups is 1. The number of benzene rings is 3. The molecule has 156 valence electrons. The summed E-state index contributed by atoms with van der Waals surface area (Å²) in [5, 5.41) is 11.8. The van der Waals surface area contributed by atoms with Crippen molar-refractivity contribution >= 4 is 40.7 Å². The van der Waals surface area contributed by atoms with E-state index in [1.165, 1.54) is 4.90 Å². The summed E-state index contributed by atoms with van der Waals surface area (Å²) in [5.41, 5.74) is 3.13. The number of likely N-dealkylation sites (N-methyl/N-ethyl adjacent to an activating group) is 1. The molecule has 0 atom stereocenters. The van der Waals surface area contributed by atoms with Crippen LogP contribution in [0.2, 0.25) is 15.1 Å². The second-order valence-electron chi connectivity index (χ2n) is 6.98. The van der Waals surface area contributed by atoms with Crippen LogP contribution >= 0.6 is 34.8 Å². The molecule has 0 heterocycles. The number of carbonyl (C=O) groups is 1. The highest BCUT2D eigenvalue weighted by Gasteiger charge is 2.13. The van der Waals surface area contributed by atoms with Crippen LogP contribution in [-0.2, 0) is 11.2 Å². The number of ether oxygens (including phenoxy) is 1. The Balaban J connectivity index is 1.84. The summed E-state index contributed by atoms with van der Waals surface area (Å²) in [7, 11) is 3.31. The zero-order chi connectivity index (χ0) is 21.8. The zero-order valence-electron chi connectivity index (χ0n) is 16.5. The van der Waals surface area contributed by atoms with Gasteiger partial charge in [-0.15, -0.1) is 0 Å². The Morgan fingerprint density at radius 3 is 2.33 bits per heavy atom. The second kappa shape index (κ2) is 9.61. The first-order chi connectivity index (χ1) is 14.2. The lowest BCUT2D eigenvalue weighted by Crippen LogP contribution is -2.27. The maximum Gasteiger partial charge on any atom is 0.259 e. The highest BCUT2D eigenvalue weighted by molar-refractivity contribution is 6.36. The molecule has 0 bridgehead atoms. The average Bonchev–Trinajstić information content (AvgIpc) is 2.70. The van der Waals surface area contributed by atoms with E-state index in [0.717, 1.165) is 16.7 Å². The van der Waals surface area contributed by atoms with E-state index < -0.39 is 0 Å². The summed E-state index contributed by atoms with van der Waals surface area (Å²) in [6.07, 6.45) is 0.461. The Hall–Kier alpha value is -2.40. The molecule has 1 N–H and O–H groups in total. The lowest BCUT2D eigenvalue weighted by molar-refractivity contribution is -0.130. The van der Waals surface area contributed by atoms with Crippen molar-refractivity contribution in [2.45, 2.75) is 6.42 Å². The predicted octanol–water partition coefficient (Wildman–Crippen LogP) is 6.08. The number of phenolic OH excluding ortho intramolecular Hbond substituents is 1. The first kappa shape index (κ1) is 22.3. The van der Waals surface area contributed by atoms with E-state index >= 15 is 0 Å². The van der Waals surface area contributed by atoms with Crippen LogP contribution in [0.15, 0.2) is 54.6 Å². The molecule has 3 rings (SSSR count). The third-order valence-electron chi connectivity index (χ3n) is 4.55. The maximum absolute atomic E-state index is 11.7. The molecular weight excluding hydrogens is 445 g/mol. The van der Waals surface area contributed by atoms with Crippen molar-refractivity contribution in [2.75, 3.05) is 20.7 Å². The van der Waals surface area contributed by atoms with Crippen LogP contribution in [0.4, 0.5) is 0 Å². The van der Waals surface area contributed by atoms with Crippen LogP contribution < -0.4 is 4.74 Å². The van der Waals surface area contributed by atoms with Gasteiger partial charge in [-0.3, -0.25) is 4.79 Å². The number of hydrogen-bond donors (Lipinski definition) is 1. The molecule has 3 aromatic carbocycles. The summed E-state index contributed by atoms with van der Waals surface area (Å²) in [5.74, 6) is 0.422. The van der Waals surface area contributed by atoms with E-state index in [0.29, 0.717) is 32.8 Å². The largest absolute Gasteiger partial charge is 0.507 e. The average molecular weight is 465 g/mol. The van der Waals surface area contributed by atoms with Gasteiger partial charge in [0.2, 0.25) is 0 Å². The van der Waals surface area contributed by atoms with Gasteiger partial charge in [0, 0.05) is 41.1 Å². The van der Waals surface area contributed by atoms with Crippen LogP contribution in [0.5, 0.6) is 11.5 Å². The van der Waals surface area contributed by atoms with Crippen LogP contribution in [0, 0.1) is 0 Å². The smallest absolute Gasteiger partial charge is 0.259 e. The molecule has 0 saturated carbocycles. The number of rotatable bonds is 6. The Kier molecular flexibility index (Phi) is 7.14. The van der Waals surface area contributed by atoms with Gasteiger partial charge in [-0.2, -0.15) is 0 Å². The molecule has 3 aromatic rings. The predicted molar refractivity (Wildman–Crippen MR) is 122 cm³/mol. The number of hydrogen-bond acceptors (Lipinski definition) is 3. The molecule has 4 nitrogen and oxygen atoms in total. The molecule has 0 aliphatic carbocycles. The van der Waals surface area contributed by atoms with Gasteiger partial charge >= 0.3 is 0 Å². The van der Waals surface area contributed by atoms with E-state index in [1.807, 2.05) is 24.3 Å². The summed E-state index contributed by atoms with van der Waals surface area (Å²) >= 11 is 19.0. The van der Waals surface area contributed by atoms with Crippen LogP contribution in [0.1, 0.15) is 11.1 Å². The minimum Gasteiger partial charge on any atom is -0.507 e. The normalized spacial score (nSPS) is 10.7. The van der Waals surface area contributed by atoms with E-state index in [-0.39, 0.29) is 18.3 Å². The van der Waals surface area contributed by atoms with Crippen LogP contribution in [-0.4, -0.2) is 36.6 Å². The molecule has 30 heavy (non-hydrogen) atoms. The van der Waals surface area contributed by atoms with Gasteiger partial charge in [0.15, 0.2) is 6.61 Å². The van der Waals surface area contributed by atoms with Gasteiger partial charge in [-0.05, 0) is 53.1 Å². The standard InChI is InChI=1S/C23H20Cl3NO3/c1-27(2)23(29)13-30-17-11-20(25)19(21(26)12-17)9-14-6-7-22(28)18(8-14)15-4-3-5-16(24)10-15/h3-8,10-12,28H,9,13H2,1-2H3. The number of nitrogens with zero attached hydrogens (tertiary/aromatic N) is 1. The van der Waals surface area contributed by atoms with Gasteiger partial charge in [0.05, 0.1) is 0 Å². The summed E-state index contributed by atoms with van der Waals surface area (Å²) in [4.78, 5) is 13.1. The van der Waals surface area contributed by atoms with Gasteiger partial charge < -0.3 is 14.7 Å². The molecule has 0 fully saturated rings. The molecule has 0 unspecified atom stereocenters. The van der Waals surface area contributed by atoms with Gasteiger partial charge in [0.25, 0.3) is 5.91 Å². The van der Waals surface area contributed by atoms with Gasteiger partial charge in [-0.25, -0.2) is 0 Å². The fourth-order valence-electron chi connectivity index (χ4n) is 2.89. The summed E-state index contributed by atoms with van der Waals surface area (Å²) < 4.78 is 5.49. The van der Waals surface area contributed by atoms with Crippen molar-refractivity contribution < 1.29 is 14.6 Å². The van der Waals surface area contributed by atoms with E-state index in [4.69, 9.17) is 39.5 Å². The van der Waals surface area contributed by atoms with Crippen molar-refractivity contribution in [3.8, 4) is 22.6 Å². The highest BCUT2D eigenvalue weighted by Crippen LogP contribution is 2.35. The maximum atomic E-state index is 11.7. The first-order valence-electron chi connectivity index (χ1n) is 9.13. The molecule has 0 aliphatic rings. The summed E-state index contributed by atoms with van der Waals surface area (Å²) in [6, 6.07) is 15.9. The summed E-state index contributed by atoms with van der Waals surface area (Å²) in [6.45, 7) is -0.0973. The van der Waals surface area contributed by atoms with Gasteiger partial charge in [-0.1, -0.05) is 53.0 Å². The van der Waals surface area contributed by atoms with E-state index in [9.17, 15) is 9.90 Å². The Bertz CT molecular complexity index is 1060. The van der Waals surface area contributed by atoms with Crippen molar-refractivity contribution in [1.82, 2.24) is 4.90 Å².